The molecule has 0 heterocycles. The molecule has 0 saturated heterocycles. The molecule has 5 heteroatoms. The molecule has 1 nitrogen and oxygen atoms in total. The summed E-state index contributed by atoms with van der Waals surface area (Å²) in [4.78, 5) is 0. The molecule has 0 aliphatic carbocycles. The summed E-state index contributed by atoms with van der Waals surface area (Å²) >= 11 is 0. The molecule has 1 aromatic carbocycles. The predicted octanol–water partition coefficient (Wildman–Crippen LogP) is 3.50. The van der Waals surface area contributed by atoms with Crippen molar-refractivity contribution in [3.8, 4) is 0 Å². The molecule has 1 N–H and O–H groups in total. The van der Waals surface area contributed by atoms with Gasteiger partial charge in [0.2, 0.25) is 0 Å². The van der Waals surface area contributed by atoms with Crippen LogP contribution in [0.3, 0.4) is 0 Å². The van der Waals surface area contributed by atoms with Gasteiger partial charge in [-0.1, -0.05) is 6.07 Å². The van der Waals surface area contributed by atoms with E-state index in [9.17, 15) is 17.6 Å². The Hall–Kier alpha value is -1.26. The Balaban J connectivity index is 2.54. The first kappa shape index (κ1) is 11.8. The lowest BCUT2D eigenvalue weighted by molar-refractivity contribution is -0.131. The Morgan fingerprint density at radius 3 is 2.53 bits per heavy atom. The lowest BCUT2D eigenvalue weighted by Crippen LogP contribution is -2.15. The van der Waals surface area contributed by atoms with Crippen molar-refractivity contribution < 1.29 is 17.6 Å². The van der Waals surface area contributed by atoms with Crippen molar-refractivity contribution in [2.45, 2.75) is 19.5 Å². The molecule has 0 amide bonds. The molecule has 84 valence electrons. The van der Waals surface area contributed by atoms with E-state index in [4.69, 9.17) is 0 Å². The van der Waals surface area contributed by atoms with Gasteiger partial charge in [0.25, 0.3) is 0 Å². The van der Waals surface area contributed by atoms with E-state index in [1.165, 1.54) is 12.1 Å². The van der Waals surface area contributed by atoms with Gasteiger partial charge in [0.1, 0.15) is 5.82 Å². The number of hydrogen-bond acceptors (Lipinski definition) is 1. The minimum absolute atomic E-state index is 0.110. The molecule has 0 saturated carbocycles. The number of alkyl halides is 3. The molecule has 0 aliphatic rings. The summed E-state index contributed by atoms with van der Waals surface area (Å²) in [6.45, 7) is 1.43. The molecule has 0 radical (unpaired) electrons. The maximum Gasteiger partial charge on any atom is 0.390 e. The Morgan fingerprint density at radius 2 is 1.93 bits per heavy atom. The van der Waals surface area contributed by atoms with Gasteiger partial charge in [-0.05, 0) is 24.6 Å². The molecular weight excluding hydrogens is 210 g/mol. The van der Waals surface area contributed by atoms with Crippen LogP contribution < -0.4 is 5.32 Å². The smallest absolute Gasteiger partial charge is 0.382 e. The minimum atomic E-state index is -4.21. The van der Waals surface area contributed by atoms with Crippen LogP contribution in [0.4, 0.5) is 23.2 Å². The van der Waals surface area contributed by atoms with E-state index >= 15 is 0 Å². The average Bonchev–Trinajstić information content (AvgIpc) is 2.09. The van der Waals surface area contributed by atoms with Crippen LogP contribution >= 0.6 is 0 Å². The summed E-state index contributed by atoms with van der Waals surface area (Å²) in [5, 5.41) is 2.42. The van der Waals surface area contributed by atoms with Crippen molar-refractivity contribution in [2.24, 2.45) is 0 Å². The van der Waals surface area contributed by atoms with Gasteiger partial charge < -0.3 is 5.32 Å². The van der Waals surface area contributed by atoms with Gasteiger partial charge in [0.05, 0.1) is 12.1 Å². The monoisotopic (exact) mass is 221 g/mol. The van der Waals surface area contributed by atoms with Crippen LogP contribution in [0.2, 0.25) is 0 Å². The molecular formula is C10H11F4N. The first-order valence-electron chi connectivity index (χ1n) is 4.45. The SMILES string of the molecule is Cc1ccc(F)c(NCCC(F)(F)F)c1. The molecule has 0 unspecified atom stereocenters. The number of hydrogen-bond donors (Lipinski definition) is 1. The average molecular weight is 221 g/mol. The number of rotatable bonds is 3. The third-order valence-electron chi connectivity index (χ3n) is 1.85. The highest BCUT2D eigenvalue weighted by Gasteiger charge is 2.26. The van der Waals surface area contributed by atoms with Crippen LogP contribution in [0, 0.1) is 12.7 Å². The quantitative estimate of drug-likeness (QED) is 0.770. The highest BCUT2D eigenvalue weighted by Crippen LogP contribution is 2.20. The van der Waals surface area contributed by atoms with E-state index in [-0.39, 0.29) is 12.2 Å². The second-order valence-electron chi connectivity index (χ2n) is 3.28. The van der Waals surface area contributed by atoms with E-state index in [1.54, 1.807) is 13.0 Å². The van der Waals surface area contributed by atoms with Crippen molar-refractivity contribution in [3.05, 3.63) is 29.6 Å². The Labute approximate surface area is 85.1 Å². The van der Waals surface area contributed by atoms with Crippen molar-refractivity contribution in [2.75, 3.05) is 11.9 Å². The highest BCUT2D eigenvalue weighted by atomic mass is 19.4. The van der Waals surface area contributed by atoms with Crippen LogP contribution in [0.25, 0.3) is 0 Å². The lowest BCUT2D eigenvalue weighted by Gasteiger charge is -2.10. The van der Waals surface area contributed by atoms with Gasteiger partial charge in [0, 0.05) is 6.54 Å². The molecule has 0 aliphatic heterocycles. The van der Waals surface area contributed by atoms with Crippen LogP contribution in [0.1, 0.15) is 12.0 Å². The third kappa shape index (κ3) is 4.18. The van der Waals surface area contributed by atoms with Crippen LogP contribution in [-0.4, -0.2) is 12.7 Å². The third-order valence-corrected chi connectivity index (χ3v) is 1.85. The maximum atomic E-state index is 13.0. The van der Waals surface area contributed by atoms with Crippen molar-refractivity contribution in [1.29, 1.82) is 0 Å². The van der Waals surface area contributed by atoms with Gasteiger partial charge in [-0.25, -0.2) is 4.39 Å². The zero-order chi connectivity index (χ0) is 11.5. The number of benzene rings is 1. The summed E-state index contributed by atoms with van der Waals surface area (Å²) in [5.74, 6) is -0.539. The Morgan fingerprint density at radius 1 is 1.27 bits per heavy atom. The van der Waals surface area contributed by atoms with Crippen molar-refractivity contribution >= 4 is 5.69 Å². The maximum absolute atomic E-state index is 13.0. The first-order chi connectivity index (χ1) is 6.88. The largest absolute Gasteiger partial charge is 0.390 e. The fraction of sp³-hybridized carbons (Fsp3) is 0.400. The fourth-order valence-corrected chi connectivity index (χ4v) is 1.11. The number of halogens is 4. The van der Waals surface area contributed by atoms with Crippen LogP contribution in [0.5, 0.6) is 0 Å². The van der Waals surface area contributed by atoms with Gasteiger partial charge in [0.15, 0.2) is 0 Å². The van der Waals surface area contributed by atoms with Gasteiger partial charge >= 0.3 is 6.18 Å². The summed E-state index contributed by atoms with van der Waals surface area (Å²) in [7, 11) is 0. The number of aryl methyl sites for hydroxylation is 1. The summed E-state index contributed by atoms with van der Waals surface area (Å²) in [6, 6.07) is 4.27. The molecule has 0 fully saturated rings. The molecule has 15 heavy (non-hydrogen) atoms. The number of nitrogens with one attached hydrogen (secondary N) is 1. The predicted molar refractivity (Wildman–Crippen MR) is 50.3 cm³/mol. The van der Waals surface area contributed by atoms with E-state index in [0.717, 1.165) is 5.56 Å². The van der Waals surface area contributed by atoms with Crippen molar-refractivity contribution in [3.63, 3.8) is 0 Å². The summed E-state index contributed by atoms with van der Waals surface area (Å²) in [5.41, 5.74) is 0.908. The van der Waals surface area contributed by atoms with E-state index < -0.39 is 18.4 Å². The van der Waals surface area contributed by atoms with E-state index in [0.29, 0.717) is 0 Å². The Kier molecular flexibility index (Phi) is 3.55. The fourth-order valence-electron chi connectivity index (χ4n) is 1.11. The van der Waals surface area contributed by atoms with Gasteiger partial charge in [-0.15, -0.1) is 0 Å². The van der Waals surface area contributed by atoms with Crippen LogP contribution in [-0.2, 0) is 0 Å². The van der Waals surface area contributed by atoms with E-state index in [2.05, 4.69) is 5.32 Å². The zero-order valence-electron chi connectivity index (χ0n) is 8.16. The summed E-state index contributed by atoms with van der Waals surface area (Å²) < 4.78 is 48.5. The molecule has 0 atom stereocenters. The molecule has 1 aromatic rings. The van der Waals surface area contributed by atoms with Crippen LogP contribution in [0.15, 0.2) is 18.2 Å². The van der Waals surface area contributed by atoms with E-state index in [1.807, 2.05) is 0 Å². The summed E-state index contributed by atoms with van der Waals surface area (Å²) in [6.07, 6.45) is -5.19. The molecule has 0 spiro atoms. The Bertz CT molecular complexity index is 333. The van der Waals surface area contributed by atoms with Crippen molar-refractivity contribution in [1.82, 2.24) is 0 Å². The molecule has 0 aromatic heterocycles. The van der Waals surface area contributed by atoms with Gasteiger partial charge in [-0.3, -0.25) is 0 Å². The normalized spacial score (nSPS) is 11.5. The standard InChI is InChI=1S/C10H11F4N/c1-7-2-3-8(11)9(6-7)15-5-4-10(12,13)14/h2-3,6,15H,4-5H2,1H3. The highest BCUT2D eigenvalue weighted by molar-refractivity contribution is 5.46. The zero-order valence-corrected chi connectivity index (χ0v) is 8.16. The lowest BCUT2D eigenvalue weighted by atomic mass is 10.2. The molecule has 0 bridgehead atoms. The second kappa shape index (κ2) is 4.51. The first-order valence-corrected chi connectivity index (χ1v) is 4.45. The van der Waals surface area contributed by atoms with Gasteiger partial charge in [-0.2, -0.15) is 13.2 Å². The molecule has 1 rings (SSSR count). The topological polar surface area (TPSA) is 12.0 Å². The minimum Gasteiger partial charge on any atom is -0.382 e. The number of anilines is 1. The second-order valence-corrected chi connectivity index (χ2v) is 3.28.